The van der Waals surface area contributed by atoms with Gasteiger partial charge in [-0.05, 0) is 49.8 Å². The highest BCUT2D eigenvalue weighted by Crippen LogP contribution is 2.31. The maximum absolute atomic E-state index is 3.68. The largest absolute Gasteiger partial charge is 0.307 e. The molecule has 0 spiro atoms. The summed E-state index contributed by atoms with van der Waals surface area (Å²) in [6.45, 7) is 5.47. The topological polar surface area (TPSA) is 12.0 Å². The van der Waals surface area contributed by atoms with E-state index in [0.717, 1.165) is 13.0 Å². The van der Waals surface area contributed by atoms with Crippen LogP contribution in [0.3, 0.4) is 0 Å². The number of hydrogen-bond donors (Lipinski definition) is 1. The molecule has 1 nitrogen and oxygen atoms in total. The third-order valence-electron chi connectivity index (χ3n) is 3.85. The maximum atomic E-state index is 3.68. The Labute approximate surface area is 111 Å². The Hall–Kier alpha value is -1.08. The standard InChI is InChI=1S/C17H25N/c1-3-14-10-8-9-13-16(14)17(18-4-2)15-11-6-5-7-12-15/h8-11,13,17-18H,3-7,12H2,1-2H3. The zero-order valence-electron chi connectivity index (χ0n) is 11.7. The predicted molar refractivity (Wildman–Crippen MR) is 78.8 cm³/mol. The molecule has 0 radical (unpaired) electrons. The van der Waals surface area contributed by atoms with Gasteiger partial charge in [0, 0.05) is 0 Å². The zero-order valence-corrected chi connectivity index (χ0v) is 11.7. The lowest BCUT2D eigenvalue weighted by Crippen LogP contribution is -2.24. The van der Waals surface area contributed by atoms with Gasteiger partial charge in [-0.25, -0.2) is 0 Å². The van der Waals surface area contributed by atoms with Crippen molar-refractivity contribution in [2.75, 3.05) is 6.54 Å². The van der Waals surface area contributed by atoms with Gasteiger partial charge < -0.3 is 5.32 Å². The summed E-state index contributed by atoms with van der Waals surface area (Å²) in [5.74, 6) is 0. The molecule has 1 unspecified atom stereocenters. The van der Waals surface area contributed by atoms with Crippen LogP contribution in [0.1, 0.15) is 56.7 Å². The minimum atomic E-state index is 0.437. The second-order valence-corrected chi connectivity index (χ2v) is 5.07. The van der Waals surface area contributed by atoms with Gasteiger partial charge in [0.05, 0.1) is 6.04 Å². The normalized spacial score (nSPS) is 17.3. The molecule has 0 fully saturated rings. The summed E-state index contributed by atoms with van der Waals surface area (Å²) in [6.07, 6.45) is 8.80. The maximum Gasteiger partial charge on any atom is 0.0538 e. The molecule has 0 heterocycles. The Morgan fingerprint density at radius 2 is 2.00 bits per heavy atom. The van der Waals surface area contributed by atoms with Crippen molar-refractivity contribution in [2.45, 2.75) is 52.0 Å². The Balaban J connectivity index is 2.31. The molecule has 1 aromatic carbocycles. The summed E-state index contributed by atoms with van der Waals surface area (Å²) >= 11 is 0. The van der Waals surface area contributed by atoms with Gasteiger partial charge in [0.1, 0.15) is 0 Å². The average molecular weight is 243 g/mol. The average Bonchev–Trinajstić information content (AvgIpc) is 2.46. The Morgan fingerprint density at radius 1 is 1.17 bits per heavy atom. The molecule has 1 aromatic rings. The molecule has 2 rings (SSSR count). The van der Waals surface area contributed by atoms with Crippen LogP contribution in [-0.2, 0) is 6.42 Å². The van der Waals surface area contributed by atoms with Crippen molar-refractivity contribution in [3.05, 3.63) is 47.0 Å². The van der Waals surface area contributed by atoms with E-state index in [0.29, 0.717) is 6.04 Å². The minimum absolute atomic E-state index is 0.437. The molecule has 1 heteroatoms. The molecular weight excluding hydrogens is 218 g/mol. The molecule has 1 aliphatic rings. The van der Waals surface area contributed by atoms with Crippen LogP contribution in [0, 0.1) is 0 Å². The summed E-state index contributed by atoms with van der Waals surface area (Å²) in [7, 11) is 0. The first-order chi connectivity index (χ1) is 8.86. The van der Waals surface area contributed by atoms with E-state index >= 15 is 0 Å². The molecule has 1 N–H and O–H groups in total. The van der Waals surface area contributed by atoms with Gasteiger partial charge in [-0.1, -0.05) is 49.8 Å². The summed E-state index contributed by atoms with van der Waals surface area (Å²) in [4.78, 5) is 0. The fourth-order valence-corrected chi connectivity index (χ4v) is 2.91. The number of hydrogen-bond acceptors (Lipinski definition) is 1. The number of likely N-dealkylation sites (N-methyl/N-ethyl adjacent to an activating group) is 1. The number of rotatable bonds is 5. The van der Waals surface area contributed by atoms with Crippen molar-refractivity contribution < 1.29 is 0 Å². The molecule has 0 aromatic heterocycles. The molecule has 18 heavy (non-hydrogen) atoms. The highest BCUT2D eigenvalue weighted by Gasteiger charge is 2.19. The van der Waals surface area contributed by atoms with Crippen LogP contribution in [0.15, 0.2) is 35.9 Å². The van der Waals surface area contributed by atoms with Crippen molar-refractivity contribution in [3.8, 4) is 0 Å². The van der Waals surface area contributed by atoms with E-state index in [4.69, 9.17) is 0 Å². The minimum Gasteiger partial charge on any atom is -0.307 e. The molecular formula is C17H25N. The van der Waals surface area contributed by atoms with E-state index in [1.165, 1.54) is 36.8 Å². The van der Waals surface area contributed by atoms with E-state index in [1.807, 2.05) is 0 Å². The van der Waals surface area contributed by atoms with E-state index in [-0.39, 0.29) is 0 Å². The molecule has 0 amide bonds. The van der Waals surface area contributed by atoms with Gasteiger partial charge in [-0.15, -0.1) is 0 Å². The fourth-order valence-electron chi connectivity index (χ4n) is 2.91. The van der Waals surface area contributed by atoms with E-state index < -0.39 is 0 Å². The van der Waals surface area contributed by atoms with Crippen molar-refractivity contribution in [3.63, 3.8) is 0 Å². The first kappa shape index (κ1) is 13.4. The van der Waals surface area contributed by atoms with Crippen molar-refractivity contribution in [1.29, 1.82) is 0 Å². The second-order valence-electron chi connectivity index (χ2n) is 5.07. The first-order valence-electron chi connectivity index (χ1n) is 7.37. The molecule has 1 aliphatic carbocycles. The smallest absolute Gasteiger partial charge is 0.0538 e. The lowest BCUT2D eigenvalue weighted by molar-refractivity contribution is 0.561. The second kappa shape index (κ2) is 6.75. The summed E-state index contributed by atoms with van der Waals surface area (Å²) in [6, 6.07) is 9.32. The van der Waals surface area contributed by atoms with Gasteiger partial charge in [-0.2, -0.15) is 0 Å². The van der Waals surface area contributed by atoms with Gasteiger partial charge in [0.25, 0.3) is 0 Å². The Kier molecular flexibility index (Phi) is 5.00. The summed E-state index contributed by atoms with van der Waals surface area (Å²) in [5, 5.41) is 3.68. The van der Waals surface area contributed by atoms with Crippen LogP contribution >= 0.6 is 0 Å². The highest BCUT2D eigenvalue weighted by molar-refractivity contribution is 5.36. The molecule has 0 saturated heterocycles. The molecule has 0 bridgehead atoms. The van der Waals surface area contributed by atoms with Crippen LogP contribution < -0.4 is 5.32 Å². The summed E-state index contributed by atoms with van der Waals surface area (Å²) in [5.41, 5.74) is 4.56. The third kappa shape index (κ3) is 3.02. The van der Waals surface area contributed by atoms with Crippen LogP contribution in [0.4, 0.5) is 0 Å². The number of benzene rings is 1. The van der Waals surface area contributed by atoms with Crippen LogP contribution in [-0.4, -0.2) is 6.54 Å². The van der Waals surface area contributed by atoms with Gasteiger partial charge >= 0.3 is 0 Å². The van der Waals surface area contributed by atoms with Gasteiger partial charge in [0.15, 0.2) is 0 Å². The lowest BCUT2D eigenvalue weighted by atomic mass is 9.87. The van der Waals surface area contributed by atoms with Crippen molar-refractivity contribution >= 4 is 0 Å². The molecule has 0 aliphatic heterocycles. The van der Waals surface area contributed by atoms with Crippen LogP contribution in [0.2, 0.25) is 0 Å². The molecule has 98 valence electrons. The monoisotopic (exact) mass is 243 g/mol. The number of nitrogens with one attached hydrogen (secondary N) is 1. The van der Waals surface area contributed by atoms with Crippen molar-refractivity contribution in [1.82, 2.24) is 5.32 Å². The summed E-state index contributed by atoms with van der Waals surface area (Å²) < 4.78 is 0. The number of allylic oxidation sites excluding steroid dienone is 1. The predicted octanol–water partition coefficient (Wildman–Crippen LogP) is 4.40. The van der Waals surface area contributed by atoms with E-state index in [9.17, 15) is 0 Å². The SMILES string of the molecule is CCNC(C1=CCCCC1)c1ccccc1CC. The number of aryl methyl sites for hydroxylation is 1. The van der Waals surface area contributed by atoms with Crippen LogP contribution in [0.5, 0.6) is 0 Å². The lowest BCUT2D eigenvalue weighted by Gasteiger charge is -2.26. The van der Waals surface area contributed by atoms with E-state index in [1.54, 1.807) is 5.57 Å². The Bertz CT molecular complexity index is 406. The van der Waals surface area contributed by atoms with E-state index in [2.05, 4.69) is 49.5 Å². The van der Waals surface area contributed by atoms with Crippen LogP contribution in [0.25, 0.3) is 0 Å². The third-order valence-corrected chi connectivity index (χ3v) is 3.85. The molecule has 0 saturated carbocycles. The molecule has 1 atom stereocenters. The first-order valence-corrected chi connectivity index (χ1v) is 7.37. The quantitative estimate of drug-likeness (QED) is 0.756. The van der Waals surface area contributed by atoms with Gasteiger partial charge in [-0.3, -0.25) is 0 Å². The van der Waals surface area contributed by atoms with Crippen molar-refractivity contribution in [2.24, 2.45) is 0 Å². The highest BCUT2D eigenvalue weighted by atomic mass is 14.9. The Morgan fingerprint density at radius 3 is 2.67 bits per heavy atom. The fraction of sp³-hybridized carbons (Fsp3) is 0.529. The van der Waals surface area contributed by atoms with Gasteiger partial charge in [0.2, 0.25) is 0 Å². The zero-order chi connectivity index (χ0) is 12.8.